The van der Waals surface area contributed by atoms with Crippen molar-refractivity contribution in [1.29, 1.82) is 0 Å². The first-order valence-electron chi connectivity index (χ1n) is 49.8. The average Bonchev–Trinajstić information content (AvgIpc) is 0.491. The van der Waals surface area contributed by atoms with Gasteiger partial charge in [-0.25, -0.2) is 4.57 Å². The first kappa shape index (κ1) is 122. The fourth-order valence-electron chi connectivity index (χ4n) is 13.5. The molecule has 714 valence electrons. The van der Waals surface area contributed by atoms with Crippen molar-refractivity contribution < 1.29 is 89.5 Å². The van der Waals surface area contributed by atoms with E-state index in [1.165, 1.54) is 218 Å². The number of hydrogen-bond acceptors (Lipinski definition) is 17. The number of hydrogen-bond donors (Lipinski definition) is 3. The molecule has 0 aromatic carbocycles. The summed E-state index contributed by atoms with van der Waals surface area (Å²) in [6.45, 7) is 11.9. The van der Waals surface area contributed by atoms with Crippen LogP contribution in [0.1, 0.15) is 465 Å². The number of ether oxygens (including phenoxy) is 4. The van der Waals surface area contributed by atoms with Gasteiger partial charge in [0.05, 0.1) is 41.0 Å². The molecule has 4 atom stereocenters. The van der Waals surface area contributed by atoms with Gasteiger partial charge in [-0.05, 0) is 142 Å². The smallest absolute Gasteiger partial charge is 0.472 e. The van der Waals surface area contributed by atoms with E-state index in [4.69, 9.17) is 42.1 Å². The van der Waals surface area contributed by atoms with Gasteiger partial charge in [-0.2, -0.15) is 0 Å². The summed E-state index contributed by atoms with van der Waals surface area (Å²) in [4.78, 5) is 85.4. The van der Waals surface area contributed by atoms with Crippen LogP contribution >= 0.6 is 15.6 Å². The molecule has 0 aliphatic heterocycles. The van der Waals surface area contributed by atoms with Gasteiger partial charge < -0.3 is 52.7 Å². The minimum Gasteiger partial charge on any atom is -0.756 e. The van der Waals surface area contributed by atoms with Crippen LogP contribution in [0.4, 0.5) is 0 Å². The van der Waals surface area contributed by atoms with E-state index in [1.54, 1.807) is 6.92 Å². The molecule has 121 heavy (non-hydrogen) atoms. The highest BCUT2D eigenvalue weighted by Crippen LogP contribution is 2.43. The van der Waals surface area contributed by atoms with Crippen LogP contribution in [-0.4, -0.2) is 137 Å². The van der Waals surface area contributed by atoms with Crippen molar-refractivity contribution >= 4 is 45.4 Å². The second-order valence-corrected chi connectivity index (χ2v) is 37.2. The molecule has 0 fully saturated rings. The van der Waals surface area contributed by atoms with Crippen molar-refractivity contribution in [3.05, 3.63) is 48.6 Å². The van der Waals surface area contributed by atoms with E-state index in [9.17, 15) is 42.9 Å². The molecule has 0 aromatic heterocycles. The maximum absolute atomic E-state index is 12.8. The number of aliphatic hydroxyl groups excluding tert-OH is 1. The molecule has 22 heteroatoms. The number of phosphoric ester groups is 2. The summed E-state index contributed by atoms with van der Waals surface area (Å²) in [5.74, 6) is -1.85. The van der Waals surface area contributed by atoms with Gasteiger partial charge in [0.25, 0.3) is 7.82 Å². The third-order valence-corrected chi connectivity index (χ3v) is 23.0. The highest BCUT2D eigenvalue weighted by atomic mass is 31.2. The van der Waals surface area contributed by atoms with E-state index < -0.39 is 64.9 Å². The first-order chi connectivity index (χ1) is 58.6. The number of esters is 4. The van der Waals surface area contributed by atoms with Crippen LogP contribution in [0.25, 0.3) is 0 Å². The molecule has 3 N–H and O–H groups in total. The number of aliphatic hydroxyl groups is 1. The second kappa shape index (κ2) is 95.6. The third kappa shape index (κ3) is 103. The molecule has 0 aliphatic carbocycles. The zero-order valence-electron chi connectivity index (χ0n) is 79.6. The minimum absolute atomic E-state index is 0.0326. The summed E-state index contributed by atoms with van der Waals surface area (Å²) < 4.78 is 67.8. The Labute approximate surface area is 742 Å². The Bertz CT molecular complexity index is 2490. The Balaban J connectivity index is -0.00000226. The third-order valence-electron chi connectivity index (χ3n) is 21.1. The summed E-state index contributed by atoms with van der Waals surface area (Å²) in [7, 11) is -3.38. The molecule has 0 saturated heterocycles. The number of nitrogens with zero attached hydrogens (tertiary/aromatic N) is 1. The summed E-state index contributed by atoms with van der Waals surface area (Å²) in [6, 6.07) is 0. The highest BCUT2D eigenvalue weighted by molar-refractivity contribution is 7.47. The zero-order valence-corrected chi connectivity index (χ0v) is 81.4. The molecular weight excluding hydrogens is 1570 g/mol. The van der Waals surface area contributed by atoms with Gasteiger partial charge in [-0.3, -0.25) is 37.6 Å². The maximum Gasteiger partial charge on any atom is 0.472 e. The standard InChI is InChI=1S/C53H100NO9P.C44H84NO8P.C2H6O/c1-4-7-10-13-16-19-21-23-25-27-29-32-35-38-41-44-52(56)60-48-50(63-53(57)45-42-39-36-33-30-28-26-24-22-20-17-14-11-8-5-2)49-62-64(58,59)61-47-46-54-51(55)43-40-37-34-31-18-15-12-9-6-3;1-6-8-10-12-14-16-18-20-22-24-26-28-30-32-34-36-43(46)50-40-42(41-52-54(48,49)51-39-38-45(3,4)5)53-44(47)37-35-33-31-29-27-25-23-21-19-17-15-13-11-9-7-2;1-2-3/h23-26,50H,4-22,27-49H2,1-3H3,(H,54,55)(H,58,59);20-23,42H,6-19,24-41H2,1-5H3;3H,2H2,1H3/b25-23-,26-24-;22-20-,23-21-;/t50-;42-;/m11./s1. The highest BCUT2D eigenvalue weighted by Gasteiger charge is 2.27. The Hall–Kier alpha value is -3.55. The van der Waals surface area contributed by atoms with Gasteiger partial charge in [0.2, 0.25) is 5.91 Å². The normalized spacial score (nSPS) is 13.3. The number of likely N-dealkylation sites (N-methyl/N-ethyl adjacent to an activating group) is 1. The van der Waals surface area contributed by atoms with Crippen LogP contribution in [0, 0.1) is 0 Å². The lowest BCUT2D eigenvalue weighted by Crippen LogP contribution is -2.37. The molecule has 0 aromatic rings. The van der Waals surface area contributed by atoms with Crippen LogP contribution in [0.15, 0.2) is 48.6 Å². The number of carbonyl (C=O) groups is 5. The van der Waals surface area contributed by atoms with Crippen LogP contribution in [0.3, 0.4) is 0 Å². The molecule has 1 amide bonds. The second-order valence-electron chi connectivity index (χ2n) is 34.4. The van der Waals surface area contributed by atoms with E-state index in [-0.39, 0.29) is 71.2 Å². The molecule has 0 rings (SSSR count). The van der Waals surface area contributed by atoms with Crippen molar-refractivity contribution in [3.63, 3.8) is 0 Å². The van der Waals surface area contributed by atoms with Crippen LogP contribution in [0.2, 0.25) is 0 Å². The van der Waals surface area contributed by atoms with Crippen LogP contribution in [0.5, 0.6) is 0 Å². The SMILES string of the molecule is CCCCCCCC/C=C\CCCCCCCC(=O)OC[C@H](COP(=O)(O)OCCNC(=O)CCCCCCCCCCC)OC(=O)CCCCCCC/C=C\CCCCCCCC.CCCCCCCC/C=C\CCCCCCCC(=O)OC[C@H](COP(=O)([O-])OCC[N+](C)(C)C)OC(=O)CCCCCCC/C=C\CCCCCCCC.CCO. The molecular formula is C99H190N2O18P2. The fraction of sp³-hybridized carbons (Fsp3) is 0.869. The minimum atomic E-state index is -4.62. The van der Waals surface area contributed by atoms with Crippen LogP contribution in [-0.2, 0) is 70.1 Å². The van der Waals surface area contributed by atoms with E-state index in [1.807, 2.05) is 21.1 Å². The number of allylic oxidation sites excluding steroid dienone is 8. The molecule has 0 spiro atoms. The van der Waals surface area contributed by atoms with Gasteiger partial charge in [-0.15, -0.1) is 0 Å². The molecule has 2 unspecified atom stereocenters. The van der Waals surface area contributed by atoms with Gasteiger partial charge in [-0.1, -0.05) is 340 Å². The number of rotatable bonds is 90. The van der Waals surface area contributed by atoms with E-state index in [2.05, 4.69) is 88.5 Å². The number of carbonyl (C=O) groups excluding carboxylic acids is 5. The van der Waals surface area contributed by atoms with Crippen molar-refractivity contribution in [2.45, 2.75) is 478 Å². The van der Waals surface area contributed by atoms with E-state index in [0.717, 1.165) is 154 Å². The number of quaternary nitrogens is 1. The Morgan fingerprint density at radius 1 is 0.322 bits per heavy atom. The fourth-order valence-corrected chi connectivity index (χ4v) is 15.0. The number of nitrogens with one attached hydrogen (secondary N) is 1. The van der Waals surface area contributed by atoms with E-state index >= 15 is 0 Å². The first-order valence-corrected chi connectivity index (χ1v) is 52.8. The summed E-state index contributed by atoms with van der Waals surface area (Å²) >= 11 is 0. The Morgan fingerprint density at radius 3 is 0.835 bits per heavy atom. The number of unbranched alkanes of at least 4 members (excludes halogenated alkanes) is 52. The lowest BCUT2D eigenvalue weighted by Gasteiger charge is -2.28. The van der Waals surface area contributed by atoms with Crippen molar-refractivity contribution in [1.82, 2.24) is 5.32 Å². The lowest BCUT2D eigenvalue weighted by molar-refractivity contribution is -0.870. The molecule has 0 saturated carbocycles. The number of amides is 1. The van der Waals surface area contributed by atoms with Crippen LogP contribution < -0.4 is 10.2 Å². The van der Waals surface area contributed by atoms with Gasteiger partial charge >= 0.3 is 31.7 Å². The molecule has 0 bridgehead atoms. The monoisotopic (exact) mass is 1760 g/mol. The van der Waals surface area contributed by atoms with Gasteiger partial charge in [0.15, 0.2) is 12.2 Å². The summed E-state index contributed by atoms with van der Waals surface area (Å²) in [6.07, 6.45) is 88.8. The Morgan fingerprint density at radius 2 is 0.562 bits per heavy atom. The molecule has 0 heterocycles. The predicted octanol–water partition coefficient (Wildman–Crippen LogP) is 27.4. The lowest BCUT2D eigenvalue weighted by atomic mass is 10.1. The molecule has 20 nitrogen and oxygen atoms in total. The van der Waals surface area contributed by atoms with E-state index in [0.29, 0.717) is 36.7 Å². The Kier molecular flexibility index (Phi) is 96.0. The summed E-state index contributed by atoms with van der Waals surface area (Å²) in [5.41, 5.74) is 0. The van der Waals surface area contributed by atoms with Crippen molar-refractivity contribution in [3.8, 4) is 0 Å². The average molecular weight is 1760 g/mol. The molecule has 0 radical (unpaired) electrons. The van der Waals surface area contributed by atoms with Gasteiger partial charge in [0, 0.05) is 45.3 Å². The number of phosphoric acid groups is 2. The van der Waals surface area contributed by atoms with Crippen molar-refractivity contribution in [2.24, 2.45) is 0 Å². The maximum atomic E-state index is 12.8. The predicted molar refractivity (Wildman–Crippen MR) is 501 cm³/mol. The molecule has 0 aliphatic rings. The quantitative estimate of drug-likeness (QED) is 0.0127. The summed E-state index contributed by atoms with van der Waals surface area (Å²) in [5, 5.41) is 10.3. The van der Waals surface area contributed by atoms with Crippen molar-refractivity contribution in [2.75, 3.05) is 80.5 Å². The zero-order chi connectivity index (χ0) is 89.6. The topological polar surface area (TPSA) is 269 Å². The van der Waals surface area contributed by atoms with Gasteiger partial charge in [0.1, 0.15) is 26.4 Å². The largest absolute Gasteiger partial charge is 0.756 e.